The Morgan fingerprint density at radius 2 is 1.54 bits per heavy atom. The summed E-state index contributed by atoms with van der Waals surface area (Å²) >= 11 is 0. The van der Waals surface area contributed by atoms with E-state index in [-0.39, 0.29) is 5.76 Å². The highest BCUT2D eigenvalue weighted by Crippen LogP contribution is 2.41. The smallest absolute Gasteiger partial charge is 0.347 e. The van der Waals surface area contributed by atoms with Crippen LogP contribution in [-0.4, -0.2) is 32.0 Å². The summed E-state index contributed by atoms with van der Waals surface area (Å²) in [5, 5.41) is 40.0. The average molecular weight is 358 g/mol. The minimum absolute atomic E-state index is 0.182. The van der Waals surface area contributed by atoms with Crippen LogP contribution in [-0.2, 0) is 11.2 Å². The normalized spacial score (nSPS) is 13.9. The fourth-order valence-electron chi connectivity index (χ4n) is 2.87. The Kier molecular flexibility index (Phi) is 4.03. The van der Waals surface area contributed by atoms with E-state index in [4.69, 9.17) is 4.42 Å². The number of carbonyl (C=O) groups is 2. The Balaban J connectivity index is 2.33. The third kappa shape index (κ3) is 2.52. The molecule has 1 aliphatic rings. The van der Waals surface area contributed by atoms with Gasteiger partial charge in [0.25, 0.3) is 0 Å². The minimum Gasteiger partial charge on any atom is -0.508 e. The average Bonchev–Trinajstić information content (AvgIpc) is 2.54. The van der Waals surface area contributed by atoms with E-state index in [9.17, 15) is 34.8 Å². The topological polar surface area (TPSA) is 145 Å². The van der Waals surface area contributed by atoms with E-state index in [1.165, 1.54) is 0 Å². The summed E-state index contributed by atoms with van der Waals surface area (Å²) in [6.45, 7) is 1.83. The number of allylic oxidation sites excluding steroid dienone is 1. The minimum atomic E-state index is -1.27. The van der Waals surface area contributed by atoms with Gasteiger partial charge in [-0.25, -0.2) is 4.79 Å². The molecule has 2 aromatic rings. The molecule has 0 unspecified atom stereocenters. The fraction of sp³-hybridized carbons (Fsp3) is 0.167. The molecule has 0 saturated carbocycles. The Morgan fingerprint density at radius 1 is 0.885 bits per heavy atom. The maximum atomic E-state index is 12.4. The molecule has 4 N–H and O–H groups in total. The Hall–Kier alpha value is -3.55. The zero-order valence-electron chi connectivity index (χ0n) is 13.6. The largest absolute Gasteiger partial charge is 0.508 e. The van der Waals surface area contributed by atoms with Crippen LogP contribution in [0, 0.1) is 0 Å². The Labute approximate surface area is 146 Å². The van der Waals surface area contributed by atoms with E-state index in [0.29, 0.717) is 12.8 Å². The van der Waals surface area contributed by atoms with Crippen LogP contribution in [0.15, 0.2) is 27.4 Å². The predicted molar refractivity (Wildman–Crippen MR) is 89.2 cm³/mol. The van der Waals surface area contributed by atoms with Crippen molar-refractivity contribution in [3.05, 3.63) is 51.1 Å². The molecule has 8 nitrogen and oxygen atoms in total. The van der Waals surface area contributed by atoms with Gasteiger partial charge in [-0.3, -0.25) is 9.59 Å². The van der Waals surface area contributed by atoms with E-state index >= 15 is 0 Å². The quantitative estimate of drug-likeness (QED) is 0.609. The van der Waals surface area contributed by atoms with Gasteiger partial charge in [0, 0.05) is 24.1 Å². The number of hydrogen-bond donors (Lipinski definition) is 4. The number of aliphatic hydroxyl groups excluding tert-OH is 1. The number of aromatic hydroxyl groups is 3. The zero-order valence-corrected chi connectivity index (χ0v) is 13.6. The number of rotatable bonds is 3. The summed E-state index contributed by atoms with van der Waals surface area (Å²) in [4.78, 5) is 37.0. The maximum absolute atomic E-state index is 12.4. The standard InChI is InChI=1S/C18H14O8/c1-2-3-8-6-11(21)13(18(25)26-8)14-16(23)12-9(15(22)17(14)24)4-7(19)5-10(12)20/h4-6,19-21,23H,2-3H2,1H3. The number of ketones is 2. The van der Waals surface area contributed by atoms with Crippen molar-refractivity contribution in [1.29, 1.82) is 0 Å². The SMILES string of the molecule is CCCc1cc(O)c(C2=C(O)c3c(O)cc(O)cc3C(=O)C2=O)c(=O)o1. The lowest BCUT2D eigenvalue weighted by atomic mass is 9.84. The van der Waals surface area contributed by atoms with Crippen molar-refractivity contribution < 1.29 is 34.4 Å². The van der Waals surface area contributed by atoms with Crippen molar-refractivity contribution in [2.24, 2.45) is 0 Å². The van der Waals surface area contributed by atoms with Crippen molar-refractivity contribution in [2.75, 3.05) is 0 Å². The second kappa shape index (κ2) is 6.07. The van der Waals surface area contributed by atoms with Crippen LogP contribution in [0.25, 0.3) is 11.3 Å². The number of aliphatic hydroxyl groups is 1. The van der Waals surface area contributed by atoms with Crippen LogP contribution < -0.4 is 5.63 Å². The fourth-order valence-corrected chi connectivity index (χ4v) is 2.87. The predicted octanol–water partition coefficient (Wildman–Crippen LogP) is 1.90. The van der Waals surface area contributed by atoms with Gasteiger partial charge >= 0.3 is 5.63 Å². The van der Waals surface area contributed by atoms with Crippen molar-refractivity contribution in [3.8, 4) is 17.2 Å². The first-order chi connectivity index (χ1) is 12.3. The van der Waals surface area contributed by atoms with Crippen LogP contribution >= 0.6 is 0 Å². The second-order valence-electron chi connectivity index (χ2n) is 5.78. The molecule has 0 spiro atoms. The highest BCUT2D eigenvalue weighted by molar-refractivity contribution is 6.62. The number of Topliss-reactive ketones (excluding diaryl/α,β-unsaturated/α-hetero) is 2. The molecule has 0 aliphatic heterocycles. The molecule has 0 saturated heterocycles. The molecular formula is C18H14O8. The number of fused-ring (bicyclic) bond motifs is 1. The van der Waals surface area contributed by atoms with Crippen molar-refractivity contribution in [2.45, 2.75) is 19.8 Å². The zero-order chi connectivity index (χ0) is 19.2. The molecule has 1 aliphatic carbocycles. The summed E-state index contributed by atoms with van der Waals surface area (Å²) < 4.78 is 5.03. The van der Waals surface area contributed by atoms with Crippen LogP contribution in [0.4, 0.5) is 0 Å². The molecule has 26 heavy (non-hydrogen) atoms. The summed E-state index contributed by atoms with van der Waals surface area (Å²) in [6.07, 6.45) is 1.00. The van der Waals surface area contributed by atoms with Crippen molar-refractivity contribution in [1.82, 2.24) is 0 Å². The van der Waals surface area contributed by atoms with E-state index in [0.717, 1.165) is 18.2 Å². The van der Waals surface area contributed by atoms with E-state index in [1.807, 2.05) is 6.92 Å². The molecule has 3 rings (SSSR count). The van der Waals surface area contributed by atoms with Crippen molar-refractivity contribution >= 4 is 22.9 Å². The molecule has 0 fully saturated rings. The lowest BCUT2D eigenvalue weighted by molar-refractivity contribution is -0.110. The Bertz CT molecular complexity index is 1040. The van der Waals surface area contributed by atoms with Crippen LogP contribution in [0.3, 0.4) is 0 Å². The van der Waals surface area contributed by atoms with Gasteiger partial charge in [-0.15, -0.1) is 0 Å². The molecule has 134 valence electrons. The molecule has 1 aromatic heterocycles. The first-order valence-corrected chi connectivity index (χ1v) is 7.71. The molecule has 0 bridgehead atoms. The van der Waals surface area contributed by atoms with Gasteiger partial charge in [-0.05, 0) is 12.5 Å². The van der Waals surface area contributed by atoms with Crippen LogP contribution in [0.2, 0.25) is 0 Å². The Morgan fingerprint density at radius 3 is 2.15 bits per heavy atom. The number of hydrogen-bond acceptors (Lipinski definition) is 8. The third-order valence-electron chi connectivity index (χ3n) is 3.98. The van der Waals surface area contributed by atoms with Crippen LogP contribution in [0.1, 0.15) is 40.6 Å². The number of phenolic OH excluding ortho intramolecular Hbond substituents is 2. The van der Waals surface area contributed by atoms with E-state index in [1.54, 1.807) is 0 Å². The highest BCUT2D eigenvalue weighted by Gasteiger charge is 2.38. The molecule has 0 amide bonds. The first kappa shape index (κ1) is 17.3. The van der Waals surface area contributed by atoms with Gasteiger partial charge in [-0.1, -0.05) is 6.92 Å². The lowest BCUT2D eigenvalue weighted by Gasteiger charge is -2.19. The van der Waals surface area contributed by atoms with Gasteiger partial charge in [-0.2, -0.15) is 0 Å². The molecule has 1 aromatic carbocycles. The second-order valence-corrected chi connectivity index (χ2v) is 5.78. The summed E-state index contributed by atoms with van der Waals surface area (Å²) in [7, 11) is 0. The maximum Gasteiger partial charge on any atom is 0.347 e. The van der Waals surface area contributed by atoms with Crippen molar-refractivity contribution in [3.63, 3.8) is 0 Å². The van der Waals surface area contributed by atoms with E-state index < -0.39 is 62.5 Å². The molecule has 0 radical (unpaired) electrons. The van der Waals surface area contributed by atoms with Crippen LogP contribution in [0.5, 0.6) is 17.2 Å². The summed E-state index contributed by atoms with van der Waals surface area (Å²) in [5.41, 5.74) is -3.37. The first-order valence-electron chi connectivity index (χ1n) is 7.71. The number of aryl methyl sites for hydroxylation is 1. The number of phenols is 2. The van der Waals surface area contributed by atoms with Gasteiger partial charge in [0.1, 0.15) is 34.3 Å². The molecule has 0 atom stereocenters. The summed E-state index contributed by atoms with van der Waals surface area (Å²) in [6, 6.07) is 2.90. The molecule has 8 heteroatoms. The monoisotopic (exact) mass is 358 g/mol. The number of benzene rings is 1. The third-order valence-corrected chi connectivity index (χ3v) is 3.98. The van der Waals surface area contributed by atoms with Gasteiger partial charge in [0.05, 0.1) is 11.1 Å². The number of carbonyl (C=O) groups excluding carboxylic acids is 2. The highest BCUT2D eigenvalue weighted by atomic mass is 16.4. The van der Waals surface area contributed by atoms with E-state index in [2.05, 4.69) is 0 Å². The summed E-state index contributed by atoms with van der Waals surface area (Å²) in [5.74, 6) is -4.89. The lowest BCUT2D eigenvalue weighted by Crippen LogP contribution is -2.26. The van der Waals surface area contributed by atoms with Gasteiger partial charge in [0.15, 0.2) is 0 Å². The van der Waals surface area contributed by atoms with Gasteiger partial charge in [0.2, 0.25) is 11.6 Å². The molecule has 1 heterocycles. The molecular weight excluding hydrogens is 344 g/mol. The van der Waals surface area contributed by atoms with Gasteiger partial charge < -0.3 is 24.8 Å².